The molecule has 1 heterocycles. The van der Waals surface area contributed by atoms with Crippen LogP contribution in [0.15, 0.2) is 11.1 Å². The predicted molar refractivity (Wildman–Crippen MR) is 43.7 cm³/mol. The highest BCUT2D eigenvalue weighted by atomic mass is 16.3. The Morgan fingerprint density at radius 2 is 2.42 bits per heavy atom. The van der Waals surface area contributed by atoms with E-state index in [-0.39, 0.29) is 18.2 Å². The number of aliphatic hydroxyl groups is 1. The van der Waals surface area contributed by atoms with Crippen LogP contribution in [0.2, 0.25) is 0 Å². The van der Waals surface area contributed by atoms with Crippen LogP contribution in [0.25, 0.3) is 0 Å². The van der Waals surface area contributed by atoms with Crippen LogP contribution >= 0.6 is 0 Å². The second kappa shape index (κ2) is 3.53. The summed E-state index contributed by atoms with van der Waals surface area (Å²) in [6.45, 7) is 2.40. The summed E-state index contributed by atoms with van der Waals surface area (Å²) in [7, 11) is 1.65. The number of hydrogen-bond acceptors (Lipinski definition) is 3. The molecule has 0 fully saturated rings. The SMILES string of the molecule is CC(CO)Cn1ncn(C)c1=O. The molecule has 12 heavy (non-hydrogen) atoms. The van der Waals surface area contributed by atoms with Gasteiger partial charge in [-0.3, -0.25) is 4.57 Å². The molecular weight excluding hydrogens is 158 g/mol. The Morgan fingerprint density at radius 1 is 1.75 bits per heavy atom. The van der Waals surface area contributed by atoms with Gasteiger partial charge < -0.3 is 5.11 Å². The molecule has 0 spiro atoms. The Labute approximate surface area is 70.2 Å². The number of nitrogens with zero attached hydrogens (tertiary/aromatic N) is 3. The van der Waals surface area contributed by atoms with Gasteiger partial charge in [-0.25, -0.2) is 9.48 Å². The van der Waals surface area contributed by atoms with Crippen LogP contribution in [0.1, 0.15) is 6.92 Å². The average molecular weight is 171 g/mol. The van der Waals surface area contributed by atoms with Crippen molar-refractivity contribution < 1.29 is 5.11 Å². The van der Waals surface area contributed by atoms with Crippen molar-refractivity contribution in [1.29, 1.82) is 0 Å². The molecule has 0 aliphatic carbocycles. The van der Waals surface area contributed by atoms with Crippen molar-refractivity contribution in [1.82, 2.24) is 14.3 Å². The molecule has 1 atom stereocenters. The van der Waals surface area contributed by atoms with Crippen LogP contribution in [0.3, 0.4) is 0 Å². The highest BCUT2D eigenvalue weighted by molar-refractivity contribution is 4.66. The summed E-state index contributed by atoms with van der Waals surface area (Å²) in [5.74, 6) is 0.0672. The van der Waals surface area contributed by atoms with E-state index in [9.17, 15) is 4.79 Å². The van der Waals surface area contributed by atoms with Crippen molar-refractivity contribution in [3.8, 4) is 0 Å². The van der Waals surface area contributed by atoms with Gasteiger partial charge in [-0.15, -0.1) is 0 Å². The quantitative estimate of drug-likeness (QED) is 0.648. The maximum Gasteiger partial charge on any atom is 0.345 e. The summed E-state index contributed by atoms with van der Waals surface area (Å²) in [6, 6.07) is 0. The molecule has 0 amide bonds. The molecule has 1 rings (SSSR count). The lowest BCUT2D eigenvalue weighted by atomic mass is 10.2. The van der Waals surface area contributed by atoms with Gasteiger partial charge >= 0.3 is 5.69 Å². The first-order valence-electron chi connectivity index (χ1n) is 3.84. The monoisotopic (exact) mass is 171 g/mol. The van der Waals surface area contributed by atoms with Crippen molar-refractivity contribution in [2.45, 2.75) is 13.5 Å². The van der Waals surface area contributed by atoms with E-state index in [0.717, 1.165) is 0 Å². The fraction of sp³-hybridized carbons (Fsp3) is 0.714. The number of rotatable bonds is 3. The minimum Gasteiger partial charge on any atom is -0.396 e. The molecule has 0 radical (unpaired) electrons. The highest BCUT2D eigenvalue weighted by Gasteiger charge is 2.05. The first-order valence-corrected chi connectivity index (χ1v) is 3.84. The van der Waals surface area contributed by atoms with Crippen LogP contribution < -0.4 is 5.69 Å². The number of aliphatic hydroxyl groups excluding tert-OH is 1. The Bertz CT molecular complexity index is 302. The molecule has 1 aromatic rings. The third-order valence-electron chi connectivity index (χ3n) is 1.68. The van der Waals surface area contributed by atoms with Gasteiger partial charge in [0.2, 0.25) is 0 Å². The van der Waals surface area contributed by atoms with E-state index in [4.69, 9.17) is 5.11 Å². The predicted octanol–water partition coefficient (Wildman–Crippen LogP) is -0.790. The van der Waals surface area contributed by atoms with E-state index in [1.54, 1.807) is 7.05 Å². The van der Waals surface area contributed by atoms with E-state index in [0.29, 0.717) is 6.54 Å². The number of aryl methyl sites for hydroxylation is 1. The van der Waals surface area contributed by atoms with Crippen molar-refractivity contribution in [2.75, 3.05) is 6.61 Å². The zero-order chi connectivity index (χ0) is 9.14. The molecule has 0 aliphatic heterocycles. The summed E-state index contributed by atoms with van der Waals surface area (Å²) in [4.78, 5) is 11.2. The van der Waals surface area contributed by atoms with E-state index in [1.165, 1.54) is 15.6 Å². The van der Waals surface area contributed by atoms with Gasteiger partial charge in [0.15, 0.2) is 0 Å². The molecule has 0 saturated heterocycles. The zero-order valence-corrected chi connectivity index (χ0v) is 7.27. The molecule has 0 aliphatic rings. The van der Waals surface area contributed by atoms with Gasteiger partial charge in [0.05, 0.1) is 6.54 Å². The van der Waals surface area contributed by atoms with Gasteiger partial charge in [0.25, 0.3) is 0 Å². The minimum absolute atomic E-state index is 0.0672. The lowest BCUT2D eigenvalue weighted by Crippen LogP contribution is -2.26. The Balaban J connectivity index is 2.76. The Morgan fingerprint density at radius 3 is 2.83 bits per heavy atom. The number of aromatic nitrogens is 3. The van der Waals surface area contributed by atoms with Gasteiger partial charge in [-0.1, -0.05) is 6.92 Å². The molecular formula is C7H13N3O2. The molecule has 0 bridgehead atoms. The largest absolute Gasteiger partial charge is 0.396 e. The van der Waals surface area contributed by atoms with Crippen LogP contribution in [0.4, 0.5) is 0 Å². The second-order valence-corrected chi connectivity index (χ2v) is 2.99. The van der Waals surface area contributed by atoms with Crippen molar-refractivity contribution in [3.63, 3.8) is 0 Å². The van der Waals surface area contributed by atoms with E-state index in [2.05, 4.69) is 5.10 Å². The Kier molecular flexibility index (Phi) is 2.65. The molecule has 0 saturated carbocycles. The fourth-order valence-electron chi connectivity index (χ4n) is 0.899. The molecule has 5 nitrogen and oxygen atoms in total. The van der Waals surface area contributed by atoms with E-state index in [1.807, 2.05) is 6.92 Å². The van der Waals surface area contributed by atoms with Gasteiger partial charge in [0.1, 0.15) is 6.33 Å². The molecule has 68 valence electrons. The van der Waals surface area contributed by atoms with Gasteiger partial charge in [-0.05, 0) is 5.92 Å². The van der Waals surface area contributed by atoms with E-state index >= 15 is 0 Å². The zero-order valence-electron chi connectivity index (χ0n) is 7.27. The first kappa shape index (κ1) is 8.99. The highest BCUT2D eigenvalue weighted by Crippen LogP contribution is 1.93. The third kappa shape index (κ3) is 1.73. The summed E-state index contributed by atoms with van der Waals surface area (Å²) >= 11 is 0. The second-order valence-electron chi connectivity index (χ2n) is 2.99. The summed E-state index contributed by atoms with van der Waals surface area (Å²) in [6.07, 6.45) is 1.46. The maximum absolute atomic E-state index is 11.2. The Hall–Kier alpha value is -1.10. The smallest absolute Gasteiger partial charge is 0.345 e. The summed E-state index contributed by atoms with van der Waals surface area (Å²) < 4.78 is 2.75. The van der Waals surface area contributed by atoms with Crippen LogP contribution in [0.5, 0.6) is 0 Å². The first-order chi connectivity index (χ1) is 5.65. The summed E-state index contributed by atoms with van der Waals surface area (Å²) in [5, 5.41) is 12.6. The van der Waals surface area contributed by atoms with E-state index < -0.39 is 0 Å². The van der Waals surface area contributed by atoms with Crippen molar-refractivity contribution in [3.05, 3.63) is 16.8 Å². The minimum atomic E-state index is -0.143. The lowest BCUT2D eigenvalue weighted by Gasteiger charge is -2.05. The maximum atomic E-state index is 11.2. The van der Waals surface area contributed by atoms with Gasteiger partial charge in [-0.2, -0.15) is 5.10 Å². The molecule has 5 heteroatoms. The van der Waals surface area contributed by atoms with Gasteiger partial charge in [0, 0.05) is 13.7 Å². The molecule has 1 N–H and O–H groups in total. The normalized spacial score (nSPS) is 13.2. The molecule has 0 aromatic carbocycles. The molecule has 1 aromatic heterocycles. The van der Waals surface area contributed by atoms with Crippen LogP contribution in [-0.4, -0.2) is 26.1 Å². The van der Waals surface area contributed by atoms with Crippen LogP contribution in [-0.2, 0) is 13.6 Å². The lowest BCUT2D eigenvalue weighted by molar-refractivity contribution is 0.217. The number of hydrogen-bond donors (Lipinski definition) is 1. The van der Waals surface area contributed by atoms with Crippen molar-refractivity contribution in [2.24, 2.45) is 13.0 Å². The van der Waals surface area contributed by atoms with Crippen molar-refractivity contribution >= 4 is 0 Å². The molecule has 1 unspecified atom stereocenters. The average Bonchev–Trinajstić information content (AvgIpc) is 2.36. The van der Waals surface area contributed by atoms with Crippen LogP contribution in [0, 0.1) is 5.92 Å². The standard InChI is InChI=1S/C7H13N3O2/c1-6(4-11)3-10-7(12)9(2)5-8-10/h5-6,11H,3-4H2,1-2H3. The topological polar surface area (TPSA) is 60.0 Å². The third-order valence-corrected chi connectivity index (χ3v) is 1.68. The fourth-order valence-corrected chi connectivity index (χ4v) is 0.899. The summed E-state index contributed by atoms with van der Waals surface area (Å²) in [5.41, 5.74) is -0.143.